The zero-order valence-electron chi connectivity index (χ0n) is 11.7. The standard InChI is InChI=1S/C14H18Cl2N2O2.ClH/c1-14(8-17,9-2-3-9)18-13(19)7-20-10-4-5-11(15)12(16)6-10;/h4-6,9H,2-3,7-8,17H2,1H3,(H,18,19);1H. The summed E-state index contributed by atoms with van der Waals surface area (Å²) in [6.07, 6.45) is 2.23. The van der Waals surface area contributed by atoms with Gasteiger partial charge in [0, 0.05) is 12.6 Å². The summed E-state index contributed by atoms with van der Waals surface area (Å²) < 4.78 is 5.40. The molecule has 1 aliphatic rings. The minimum Gasteiger partial charge on any atom is -0.484 e. The molecule has 0 aliphatic heterocycles. The van der Waals surface area contributed by atoms with E-state index in [1.54, 1.807) is 18.2 Å². The second-order valence-corrected chi connectivity index (χ2v) is 6.12. The Morgan fingerprint density at radius 2 is 2.10 bits per heavy atom. The van der Waals surface area contributed by atoms with Gasteiger partial charge in [-0.3, -0.25) is 4.79 Å². The van der Waals surface area contributed by atoms with Gasteiger partial charge in [-0.1, -0.05) is 23.2 Å². The lowest BCUT2D eigenvalue weighted by Gasteiger charge is -2.29. The molecular formula is C14H19Cl3N2O2. The van der Waals surface area contributed by atoms with E-state index in [2.05, 4.69) is 5.32 Å². The van der Waals surface area contributed by atoms with E-state index in [4.69, 9.17) is 33.7 Å². The Bertz CT molecular complexity index is 509. The number of carbonyl (C=O) groups excluding carboxylic acids is 1. The number of carbonyl (C=O) groups is 1. The first-order valence-electron chi connectivity index (χ1n) is 6.53. The Kier molecular flexibility index (Phi) is 6.60. The lowest BCUT2D eigenvalue weighted by molar-refractivity contribution is -0.125. The van der Waals surface area contributed by atoms with E-state index in [0.29, 0.717) is 28.3 Å². The second kappa shape index (κ2) is 7.54. The Hall–Kier alpha value is -0.680. The molecule has 0 heterocycles. The molecule has 1 unspecified atom stereocenters. The predicted molar refractivity (Wildman–Crippen MR) is 87.5 cm³/mol. The molecule has 0 spiro atoms. The van der Waals surface area contributed by atoms with Crippen LogP contribution in [0.1, 0.15) is 19.8 Å². The SMILES string of the molecule is CC(CN)(NC(=O)COc1ccc(Cl)c(Cl)c1)C1CC1.Cl. The van der Waals surface area contributed by atoms with Crippen molar-refractivity contribution in [1.29, 1.82) is 0 Å². The van der Waals surface area contributed by atoms with Gasteiger partial charge in [0.25, 0.3) is 5.91 Å². The van der Waals surface area contributed by atoms with Crippen LogP contribution in [0.5, 0.6) is 5.75 Å². The molecule has 1 aliphatic carbocycles. The van der Waals surface area contributed by atoms with Crippen LogP contribution in [0, 0.1) is 5.92 Å². The molecule has 7 heteroatoms. The fraction of sp³-hybridized carbons (Fsp3) is 0.500. The van der Waals surface area contributed by atoms with Gasteiger partial charge in [0.1, 0.15) is 5.75 Å². The Balaban J connectivity index is 0.00000220. The summed E-state index contributed by atoms with van der Waals surface area (Å²) in [7, 11) is 0. The maximum atomic E-state index is 11.9. The first-order chi connectivity index (χ1) is 9.44. The first kappa shape index (κ1) is 18.4. The Labute approximate surface area is 140 Å². The fourth-order valence-electron chi connectivity index (χ4n) is 2.11. The van der Waals surface area contributed by atoms with Gasteiger partial charge in [0.05, 0.1) is 15.6 Å². The van der Waals surface area contributed by atoms with Gasteiger partial charge >= 0.3 is 0 Å². The molecule has 1 fully saturated rings. The third-order valence-electron chi connectivity index (χ3n) is 3.59. The highest BCUT2D eigenvalue weighted by atomic mass is 35.5. The van der Waals surface area contributed by atoms with Gasteiger partial charge in [-0.15, -0.1) is 12.4 Å². The number of hydrogen-bond acceptors (Lipinski definition) is 3. The average Bonchev–Trinajstić information content (AvgIpc) is 3.25. The lowest BCUT2D eigenvalue weighted by Crippen LogP contribution is -2.54. The molecule has 0 saturated heterocycles. The van der Waals surface area contributed by atoms with Crippen molar-refractivity contribution in [3.05, 3.63) is 28.2 Å². The zero-order valence-corrected chi connectivity index (χ0v) is 14.0. The summed E-state index contributed by atoms with van der Waals surface area (Å²) in [6, 6.07) is 4.88. The molecule has 21 heavy (non-hydrogen) atoms. The first-order valence-corrected chi connectivity index (χ1v) is 7.29. The van der Waals surface area contributed by atoms with Gasteiger partial charge in [-0.2, -0.15) is 0 Å². The smallest absolute Gasteiger partial charge is 0.258 e. The van der Waals surface area contributed by atoms with E-state index in [9.17, 15) is 4.79 Å². The van der Waals surface area contributed by atoms with Gasteiger partial charge in [-0.05, 0) is 37.8 Å². The highest BCUT2D eigenvalue weighted by molar-refractivity contribution is 6.42. The molecule has 0 radical (unpaired) electrons. The summed E-state index contributed by atoms with van der Waals surface area (Å²) in [5, 5.41) is 3.80. The van der Waals surface area contributed by atoms with Crippen molar-refractivity contribution < 1.29 is 9.53 Å². The quantitative estimate of drug-likeness (QED) is 0.826. The average molecular weight is 354 g/mol. The molecule has 1 atom stereocenters. The number of halogens is 3. The van der Waals surface area contributed by atoms with Crippen LogP contribution in [-0.4, -0.2) is 24.6 Å². The van der Waals surface area contributed by atoms with Gasteiger partial charge < -0.3 is 15.8 Å². The van der Waals surface area contributed by atoms with Crippen molar-refractivity contribution in [1.82, 2.24) is 5.32 Å². The summed E-state index contributed by atoms with van der Waals surface area (Å²) in [4.78, 5) is 11.9. The van der Waals surface area contributed by atoms with Crippen LogP contribution in [-0.2, 0) is 4.79 Å². The molecule has 0 bridgehead atoms. The molecule has 118 valence electrons. The molecule has 0 aromatic heterocycles. The number of nitrogens with two attached hydrogens (primary N) is 1. The van der Waals surface area contributed by atoms with Crippen molar-refractivity contribution in [3.8, 4) is 5.75 Å². The minimum atomic E-state index is -0.335. The van der Waals surface area contributed by atoms with Crippen molar-refractivity contribution in [2.45, 2.75) is 25.3 Å². The molecule has 1 aromatic rings. The summed E-state index contributed by atoms with van der Waals surface area (Å²) in [5.41, 5.74) is 5.42. The zero-order chi connectivity index (χ0) is 14.8. The molecule has 4 nitrogen and oxygen atoms in total. The minimum absolute atomic E-state index is 0. The number of benzene rings is 1. The third-order valence-corrected chi connectivity index (χ3v) is 4.33. The van der Waals surface area contributed by atoms with E-state index in [1.165, 1.54) is 0 Å². The van der Waals surface area contributed by atoms with Crippen molar-refractivity contribution in [2.75, 3.05) is 13.2 Å². The van der Waals surface area contributed by atoms with Crippen molar-refractivity contribution in [2.24, 2.45) is 11.7 Å². The lowest BCUT2D eigenvalue weighted by atomic mass is 9.96. The van der Waals surface area contributed by atoms with Crippen LogP contribution in [0.3, 0.4) is 0 Å². The van der Waals surface area contributed by atoms with Crippen LogP contribution in [0.4, 0.5) is 0 Å². The third kappa shape index (κ3) is 4.92. The second-order valence-electron chi connectivity index (χ2n) is 5.31. The number of amides is 1. The maximum absolute atomic E-state index is 11.9. The maximum Gasteiger partial charge on any atom is 0.258 e. The molecule has 2 rings (SSSR count). The van der Waals surface area contributed by atoms with Crippen molar-refractivity contribution >= 4 is 41.5 Å². The summed E-state index contributed by atoms with van der Waals surface area (Å²) >= 11 is 11.7. The van der Waals surface area contributed by atoms with Crippen LogP contribution in [0.2, 0.25) is 10.0 Å². The van der Waals surface area contributed by atoms with Gasteiger partial charge in [-0.25, -0.2) is 0 Å². The summed E-state index contributed by atoms with van der Waals surface area (Å²) in [6.45, 7) is 2.33. The van der Waals surface area contributed by atoms with E-state index >= 15 is 0 Å². The topological polar surface area (TPSA) is 64.3 Å². The molecular weight excluding hydrogens is 335 g/mol. The van der Waals surface area contributed by atoms with E-state index in [0.717, 1.165) is 12.8 Å². The largest absolute Gasteiger partial charge is 0.484 e. The predicted octanol–water partition coefficient (Wildman–Crippen LogP) is 3.04. The number of rotatable bonds is 6. The molecule has 3 N–H and O–H groups in total. The molecule has 1 aromatic carbocycles. The number of ether oxygens (including phenoxy) is 1. The van der Waals surface area contributed by atoms with E-state index < -0.39 is 0 Å². The highest BCUT2D eigenvalue weighted by Gasteiger charge is 2.41. The van der Waals surface area contributed by atoms with E-state index in [-0.39, 0.29) is 30.5 Å². The summed E-state index contributed by atoms with van der Waals surface area (Å²) in [5.74, 6) is 0.799. The van der Waals surface area contributed by atoms with Gasteiger partial charge in [0.2, 0.25) is 0 Å². The van der Waals surface area contributed by atoms with Crippen molar-refractivity contribution in [3.63, 3.8) is 0 Å². The molecule has 1 amide bonds. The van der Waals surface area contributed by atoms with E-state index in [1.807, 2.05) is 6.92 Å². The number of nitrogens with one attached hydrogen (secondary N) is 1. The van der Waals surface area contributed by atoms with Crippen LogP contribution in [0.15, 0.2) is 18.2 Å². The highest BCUT2D eigenvalue weighted by Crippen LogP contribution is 2.38. The van der Waals surface area contributed by atoms with Crippen LogP contribution in [0.25, 0.3) is 0 Å². The number of hydrogen-bond donors (Lipinski definition) is 2. The van der Waals surface area contributed by atoms with Gasteiger partial charge in [0.15, 0.2) is 6.61 Å². The fourth-order valence-corrected chi connectivity index (χ4v) is 2.40. The Morgan fingerprint density at radius 1 is 1.43 bits per heavy atom. The Morgan fingerprint density at radius 3 is 2.62 bits per heavy atom. The van der Waals surface area contributed by atoms with Crippen LogP contribution < -0.4 is 15.8 Å². The normalized spacial score (nSPS) is 16.6. The monoisotopic (exact) mass is 352 g/mol. The van der Waals surface area contributed by atoms with Crippen LogP contribution >= 0.6 is 35.6 Å². The molecule has 1 saturated carbocycles.